The Hall–Kier alpha value is -0.740. The third-order valence-corrected chi connectivity index (χ3v) is 4.47. The zero-order chi connectivity index (χ0) is 12.1. The van der Waals surface area contributed by atoms with E-state index in [-0.39, 0.29) is 11.3 Å². The second-order valence-electron chi connectivity index (χ2n) is 3.78. The Bertz CT molecular complexity index is 370. The Morgan fingerprint density at radius 3 is 2.56 bits per heavy atom. The van der Waals surface area contributed by atoms with E-state index in [0.717, 1.165) is 6.54 Å². The highest BCUT2D eigenvalue weighted by atomic mass is 32.2. The Labute approximate surface area is 98.7 Å². The molecule has 0 bridgehead atoms. The zero-order valence-corrected chi connectivity index (χ0v) is 10.7. The van der Waals surface area contributed by atoms with Gasteiger partial charge in [0, 0.05) is 6.04 Å². The van der Waals surface area contributed by atoms with E-state index in [0.29, 0.717) is 4.90 Å². The van der Waals surface area contributed by atoms with Crippen molar-refractivity contribution in [2.24, 2.45) is 0 Å². The number of hydrogen-bond acceptors (Lipinski definition) is 2. The molecule has 1 aromatic carbocycles. The van der Waals surface area contributed by atoms with Crippen LogP contribution in [0.25, 0.3) is 0 Å². The van der Waals surface area contributed by atoms with Gasteiger partial charge >= 0.3 is 0 Å². The highest BCUT2D eigenvalue weighted by molar-refractivity contribution is 7.85. The van der Waals surface area contributed by atoms with Crippen LogP contribution >= 0.6 is 0 Å². The van der Waals surface area contributed by atoms with E-state index in [1.54, 1.807) is 18.2 Å². The summed E-state index contributed by atoms with van der Waals surface area (Å²) in [5.41, 5.74) is 0. The van der Waals surface area contributed by atoms with Gasteiger partial charge < -0.3 is 5.32 Å². The average Bonchev–Trinajstić information content (AvgIpc) is 2.28. The van der Waals surface area contributed by atoms with Gasteiger partial charge in [-0.05, 0) is 32.5 Å². The van der Waals surface area contributed by atoms with Crippen molar-refractivity contribution in [3.63, 3.8) is 0 Å². The lowest BCUT2D eigenvalue weighted by atomic mass is 10.2. The second-order valence-corrected chi connectivity index (χ2v) is 5.56. The molecule has 0 saturated carbocycles. The van der Waals surface area contributed by atoms with Crippen LogP contribution in [0.15, 0.2) is 29.2 Å². The van der Waals surface area contributed by atoms with Crippen molar-refractivity contribution >= 4 is 10.8 Å². The lowest BCUT2D eigenvalue weighted by Gasteiger charge is -2.20. The molecule has 4 heteroatoms. The highest BCUT2D eigenvalue weighted by Gasteiger charge is 2.21. The van der Waals surface area contributed by atoms with Crippen molar-refractivity contribution in [2.45, 2.75) is 37.0 Å². The molecule has 1 N–H and O–H groups in total. The minimum Gasteiger partial charge on any atom is -0.313 e. The molecule has 0 aliphatic carbocycles. The van der Waals surface area contributed by atoms with Gasteiger partial charge in [0.2, 0.25) is 0 Å². The smallest absolute Gasteiger partial charge is 0.139 e. The van der Waals surface area contributed by atoms with Gasteiger partial charge in [-0.1, -0.05) is 19.1 Å². The van der Waals surface area contributed by atoms with Crippen LogP contribution < -0.4 is 5.32 Å². The second kappa shape index (κ2) is 6.11. The van der Waals surface area contributed by atoms with Crippen molar-refractivity contribution < 1.29 is 8.60 Å². The summed E-state index contributed by atoms with van der Waals surface area (Å²) in [5, 5.41) is 3.09. The monoisotopic (exact) mass is 243 g/mol. The van der Waals surface area contributed by atoms with Crippen LogP contribution in [0.1, 0.15) is 20.8 Å². The molecule has 16 heavy (non-hydrogen) atoms. The number of halogens is 1. The number of nitrogens with one attached hydrogen (secondary N) is 1. The summed E-state index contributed by atoms with van der Waals surface area (Å²) in [6.07, 6.45) is 0. The van der Waals surface area contributed by atoms with Crippen LogP contribution in [0.3, 0.4) is 0 Å². The molecule has 0 fully saturated rings. The summed E-state index contributed by atoms with van der Waals surface area (Å²) in [7, 11) is -1.31. The maximum atomic E-state index is 13.4. The van der Waals surface area contributed by atoms with Crippen LogP contribution in [0, 0.1) is 5.82 Å². The van der Waals surface area contributed by atoms with Gasteiger partial charge in [-0.15, -0.1) is 0 Å². The molecule has 0 spiro atoms. The first kappa shape index (κ1) is 13.3. The minimum absolute atomic E-state index is 0.102. The SMILES string of the molecule is CCNC(C)C(C)S(=O)c1ccccc1F. The van der Waals surface area contributed by atoms with Crippen LogP contribution in [-0.4, -0.2) is 22.0 Å². The standard InChI is InChI=1S/C12H18FNOS/c1-4-14-9(2)10(3)16(15)12-8-6-5-7-11(12)13/h5-10,14H,4H2,1-3H3. The fourth-order valence-electron chi connectivity index (χ4n) is 1.48. The van der Waals surface area contributed by atoms with E-state index in [4.69, 9.17) is 0 Å². The van der Waals surface area contributed by atoms with E-state index in [2.05, 4.69) is 5.32 Å². The maximum Gasteiger partial charge on any atom is 0.139 e. The average molecular weight is 243 g/mol. The molecule has 0 amide bonds. The lowest BCUT2D eigenvalue weighted by Crippen LogP contribution is -2.38. The van der Waals surface area contributed by atoms with Crippen LogP contribution in [0.5, 0.6) is 0 Å². The van der Waals surface area contributed by atoms with E-state index in [1.165, 1.54) is 6.07 Å². The van der Waals surface area contributed by atoms with Crippen LogP contribution in [0.4, 0.5) is 4.39 Å². The molecule has 90 valence electrons. The van der Waals surface area contributed by atoms with Crippen molar-refractivity contribution in [3.8, 4) is 0 Å². The summed E-state index contributed by atoms with van der Waals surface area (Å²) >= 11 is 0. The third kappa shape index (κ3) is 3.12. The molecule has 1 aromatic rings. The number of hydrogen-bond donors (Lipinski definition) is 1. The van der Waals surface area contributed by atoms with E-state index < -0.39 is 16.6 Å². The van der Waals surface area contributed by atoms with Crippen molar-refractivity contribution in [1.29, 1.82) is 0 Å². The molecule has 3 unspecified atom stereocenters. The first-order valence-electron chi connectivity index (χ1n) is 5.46. The van der Waals surface area contributed by atoms with Crippen molar-refractivity contribution in [2.75, 3.05) is 6.54 Å². The Morgan fingerprint density at radius 1 is 1.38 bits per heavy atom. The van der Waals surface area contributed by atoms with Gasteiger partial charge in [0.05, 0.1) is 20.9 Å². The van der Waals surface area contributed by atoms with Gasteiger partial charge in [0.25, 0.3) is 0 Å². The molecule has 0 aliphatic rings. The summed E-state index contributed by atoms with van der Waals surface area (Å²) in [6, 6.07) is 6.35. The van der Waals surface area contributed by atoms with E-state index in [1.807, 2.05) is 20.8 Å². The van der Waals surface area contributed by atoms with Gasteiger partial charge in [-0.2, -0.15) is 0 Å². The minimum atomic E-state index is -1.31. The highest BCUT2D eigenvalue weighted by Crippen LogP contribution is 2.17. The van der Waals surface area contributed by atoms with E-state index in [9.17, 15) is 8.60 Å². The zero-order valence-electron chi connectivity index (χ0n) is 9.87. The quantitative estimate of drug-likeness (QED) is 0.860. The largest absolute Gasteiger partial charge is 0.313 e. The number of rotatable bonds is 5. The lowest BCUT2D eigenvalue weighted by molar-refractivity contribution is 0.545. The molecule has 1 rings (SSSR count). The van der Waals surface area contributed by atoms with Crippen LogP contribution in [0.2, 0.25) is 0 Å². The molecule has 0 aromatic heterocycles. The summed E-state index contributed by atoms with van der Waals surface area (Å²) < 4.78 is 25.5. The van der Waals surface area contributed by atoms with Gasteiger partial charge in [-0.25, -0.2) is 4.39 Å². The molecular formula is C12H18FNOS. The fourth-order valence-corrected chi connectivity index (χ4v) is 2.82. The Kier molecular flexibility index (Phi) is 5.09. The van der Waals surface area contributed by atoms with Crippen molar-refractivity contribution in [1.82, 2.24) is 5.32 Å². The third-order valence-electron chi connectivity index (χ3n) is 2.62. The first-order valence-corrected chi connectivity index (χ1v) is 6.67. The van der Waals surface area contributed by atoms with Gasteiger partial charge in [0.1, 0.15) is 5.82 Å². The summed E-state index contributed by atoms with van der Waals surface area (Å²) in [4.78, 5) is 0.291. The van der Waals surface area contributed by atoms with E-state index >= 15 is 0 Å². The summed E-state index contributed by atoms with van der Waals surface area (Å²) in [5.74, 6) is -0.392. The normalized spacial score (nSPS) is 16.8. The van der Waals surface area contributed by atoms with Crippen LogP contribution in [-0.2, 0) is 10.8 Å². The molecule has 2 nitrogen and oxygen atoms in total. The Morgan fingerprint density at radius 2 is 2.00 bits per heavy atom. The predicted octanol–water partition coefficient (Wildman–Crippen LogP) is 2.32. The fraction of sp³-hybridized carbons (Fsp3) is 0.500. The molecule has 3 atom stereocenters. The molecule has 0 heterocycles. The molecule has 0 aliphatic heterocycles. The number of benzene rings is 1. The molecular weight excluding hydrogens is 225 g/mol. The maximum absolute atomic E-state index is 13.4. The molecule has 0 saturated heterocycles. The Balaban J connectivity index is 2.82. The predicted molar refractivity (Wildman–Crippen MR) is 65.4 cm³/mol. The van der Waals surface area contributed by atoms with Gasteiger partial charge in [-0.3, -0.25) is 4.21 Å². The molecule has 0 radical (unpaired) electrons. The summed E-state index contributed by atoms with van der Waals surface area (Å²) in [6.45, 7) is 6.65. The topological polar surface area (TPSA) is 29.1 Å². The first-order chi connectivity index (χ1) is 7.57. The van der Waals surface area contributed by atoms with Gasteiger partial charge in [0.15, 0.2) is 0 Å². The van der Waals surface area contributed by atoms with Crippen molar-refractivity contribution in [3.05, 3.63) is 30.1 Å².